The van der Waals surface area contributed by atoms with Gasteiger partial charge < -0.3 is 25.4 Å². The molecular formula is C20H20ClN3O3S. The van der Waals surface area contributed by atoms with Crippen LogP contribution in [0, 0.1) is 0 Å². The van der Waals surface area contributed by atoms with Crippen LogP contribution < -0.4 is 25.4 Å². The molecule has 2 aromatic carbocycles. The Kier molecular flexibility index (Phi) is 6.06. The van der Waals surface area contributed by atoms with E-state index in [1.807, 2.05) is 19.1 Å². The van der Waals surface area contributed by atoms with Crippen molar-refractivity contribution in [1.29, 1.82) is 0 Å². The molecule has 1 amide bonds. The second kappa shape index (κ2) is 8.50. The van der Waals surface area contributed by atoms with Crippen LogP contribution in [0.4, 0.5) is 5.69 Å². The number of rotatable bonds is 5. The highest BCUT2D eigenvalue weighted by Crippen LogP contribution is 2.32. The number of benzene rings is 2. The molecule has 8 heteroatoms. The van der Waals surface area contributed by atoms with Crippen LogP contribution in [0.15, 0.2) is 53.7 Å². The number of carbonyl (C=O) groups excluding carboxylic acids is 1. The van der Waals surface area contributed by atoms with Gasteiger partial charge in [-0.2, -0.15) is 0 Å². The van der Waals surface area contributed by atoms with Gasteiger partial charge in [0.25, 0.3) is 5.91 Å². The molecule has 28 heavy (non-hydrogen) atoms. The molecule has 1 aliphatic heterocycles. The average Bonchev–Trinajstić information content (AvgIpc) is 2.68. The maximum Gasteiger partial charge on any atom is 0.255 e. The topological polar surface area (TPSA) is 71.6 Å². The molecule has 3 rings (SSSR count). The van der Waals surface area contributed by atoms with Gasteiger partial charge in [0.1, 0.15) is 11.5 Å². The summed E-state index contributed by atoms with van der Waals surface area (Å²) in [5, 5.41) is 10.2. The Balaban J connectivity index is 1.94. The average molecular weight is 418 g/mol. The van der Waals surface area contributed by atoms with E-state index in [1.165, 1.54) is 7.11 Å². The van der Waals surface area contributed by atoms with Crippen LogP contribution in [0.5, 0.6) is 11.5 Å². The number of methoxy groups -OCH3 is 2. The molecule has 0 aliphatic carbocycles. The van der Waals surface area contributed by atoms with Gasteiger partial charge >= 0.3 is 0 Å². The Morgan fingerprint density at radius 2 is 1.86 bits per heavy atom. The third kappa shape index (κ3) is 4.21. The predicted octanol–water partition coefficient (Wildman–Crippen LogP) is 3.79. The molecule has 6 nitrogen and oxygen atoms in total. The first-order chi connectivity index (χ1) is 13.4. The summed E-state index contributed by atoms with van der Waals surface area (Å²) in [4.78, 5) is 13.2. The summed E-state index contributed by atoms with van der Waals surface area (Å²) in [6, 6.07) is 12.1. The van der Waals surface area contributed by atoms with Crippen molar-refractivity contribution in [2.75, 3.05) is 19.5 Å². The quantitative estimate of drug-likeness (QED) is 0.643. The van der Waals surface area contributed by atoms with Gasteiger partial charge in [0, 0.05) is 16.8 Å². The Labute approximate surface area is 173 Å². The van der Waals surface area contributed by atoms with E-state index >= 15 is 0 Å². The van der Waals surface area contributed by atoms with Crippen molar-refractivity contribution in [2.45, 2.75) is 13.0 Å². The molecule has 0 bridgehead atoms. The lowest BCUT2D eigenvalue weighted by Gasteiger charge is -2.30. The summed E-state index contributed by atoms with van der Waals surface area (Å²) in [6.07, 6.45) is 0. The zero-order valence-electron chi connectivity index (χ0n) is 15.6. The van der Waals surface area contributed by atoms with Crippen LogP contribution in [0.1, 0.15) is 18.5 Å². The van der Waals surface area contributed by atoms with Crippen LogP contribution >= 0.6 is 23.8 Å². The second-order valence-corrected chi connectivity index (χ2v) is 6.99. The van der Waals surface area contributed by atoms with Gasteiger partial charge in [-0.1, -0.05) is 23.7 Å². The zero-order valence-corrected chi connectivity index (χ0v) is 17.2. The minimum atomic E-state index is -0.407. The Morgan fingerprint density at radius 3 is 2.50 bits per heavy atom. The van der Waals surface area contributed by atoms with E-state index in [0.717, 1.165) is 5.56 Å². The van der Waals surface area contributed by atoms with Crippen molar-refractivity contribution in [3.63, 3.8) is 0 Å². The Hall–Kier alpha value is -2.77. The lowest BCUT2D eigenvalue weighted by molar-refractivity contribution is -0.113. The SMILES string of the molecule is COc1ccc(NC(=O)C2=C(C)NC(=S)NC2c2ccc(Cl)cc2)c(OC)c1. The largest absolute Gasteiger partial charge is 0.497 e. The normalized spacial score (nSPS) is 16.1. The zero-order chi connectivity index (χ0) is 20.3. The maximum atomic E-state index is 13.2. The molecule has 1 unspecified atom stereocenters. The summed E-state index contributed by atoms with van der Waals surface area (Å²) < 4.78 is 10.6. The highest BCUT2D eigenvalue weighted by atomic mass is 35.5. The van der Waals surface area contributed by atoms with Gasteiger partial charge in [-0.25, -0.2) is 0 Å². The van der Waals surface area contributed by atoms with Crippen LogP contribution in [-0.2, 0) is 4.79 Å². The first kappa shape index (κ1) is 20.0. The fraction of sp³-hybridized carbons (Fsp3) is 0.200. The van der Waals surface area contributed by atoms with Crippen molar-refractivity contribution >= 4 is 40.5 Å². The molecule has 0 saturated heterocycles. The standard InChI is InChI=1S/C20H20ClN3O3S/c1-11-17(18(24-20(28)22-11)12-4-6-13(21)7-5-12)19(25)23-15-9-8-14(26-2)10-16(15)27-3/h4-10,18H,1-3H3,(H,23,25)(H2,22,24,28). The summed E-state index contributed by atoms with van der Waals surface area (Å²) in [7, 11) is 3.10. The summed E-state index contributed by atoms with van der Waals surface area (Å²) in [5.74, 6) is 0.861. The monoisotopic (exact) mass is 417 g/mol. The van der Waals surface area contributed by atoms with Gasteiger partial charge in [0.05, 0.1) is 31.5 Å². The Bertz CT molecular complexity index is 944. The van der Waals surface area contributed by atoms with E-state index in [2.05, 4.69) is 16.0 Å². The van der Waals surface area contributed by atoms with E-state index in [1.54, 1.807) is 37.4 Å². The number of allylic oxidation sites excluding steroid dienone is 1. The first-order valence-corrected chi connectivity index (χ1v) is 9.28. The molecular weight excluding hydrogens is 398 g/mol. The van der Waals surface area contributed by atoms with Crippen molar-refractivity contribution in [1.82, 2.24) is 10.6 Å². The number of anilines is 1. The van der Waals surface area contributed by atoms with Crippen LogP contribution in [0.3, 0.4) is 0 Å². The summed E-state index contributed by atoms with van der Waals surface area (Å²) >= 11 is 11.3. The van der Waals surface area contributed by atoms with E-state index in [9.17, 15) is 4.79 Å². The highest BCUT2D eigenvalue weighted by Gasteiger charge is 2.30. The molecule has 0 saturated carbocycles. The van der Waals surface area contributed by atoms with Crippen molar-refractivity contribution < 1.29 is 14.3 Å². The number of nitrogens with one attached hydrogen (secondary N) is 3. The number of ether oxygens (including phenoxy) is 2. The van der Waals surface area contributed by atoms with Gasteiger partial charge in [0.15, 0.2) is 5.11 Å². The van der Waals surface area contributed by atoms with Gasteiger partial charge in [-0.3, -0.25) is 4.79 Å². The molecule has 0 spiro atoms. The number of thiocarbonyl (C=S) groups is 1. The molecule has 2 aromatic rings. The molecule has 146 valence electrons. The molecule has 0 aromatic heterocycles. The van der Waals surface area contributed by atoms with E-state index < -0.39 is 6.04 Å². The van der Waals surface area contributed by atoms with Crippen LogP contribution in [-0.4, -0.2) is 25.2 Å². The molecule has 3 N–H and O–H groups in total. The third-order valence-corrected chi connectivity index (χ3v) is 4.85. The lowest BCUT2D eigenvalue weighted by atomic mass is 9.95. The predicted molar refractivity (Wildman–Crippen MR) is 114 cm³/mol. The molecule has 1 atom stereocenters. The summed E-state index contributed by atoms with van der Waals surface area (Å²) in [6.45, 7) is 1.82. The van der Waals surface area contributed by atoms with E-state index in [4.69, 9.17) is 33.3 Å². The number of hydrogen-bond acceptors (Lipinski definition) is 4. The van der Waals surface area contributed by atoms with E-state index in [0.29, 0.717) is 38.6 Å². The van der Waals surface area contributed by atoms with Crippen LogP contribution in [0.2, 0.25) is 5.02 Å². The molecule has 1 heterocycles. The first-order valence-electron chi connectivity index (χ1n) is 8.50. The Morgan fingerprint density at radius 1 is 1.14 bits per heavy atom. The molecule has 0 fully saturated rings. The minimum absolute atomic E-state index is 0.275. The number of carbonyl (C=O) groups is 1. The molecule has 0 radical (unpaired) electrons. The number of amides is 1. The fourth-order valence-electron chi connectivity index (χ4n) is 2.99. The smallest absolute Gasteiger partial charge is 0.255 e. The summed E-state index contributed by atoms with van der Waals surface area (Å²) in [5.41, 5.74) is 2.61. The fourth-order valence-corrected chi connectivity index (χ4v) is 3.39. The van der Waals surface area contributed by atoms with Crippen molar-refractivity contribution in [2.24, 2.45) is 0 Å². The number of hydrogen-bond donors (Lipinski definition) is 3. The highest BCUT2D eigenvalue weighted by molar-refractivity contribution is 7.80. The lowest BCUT2D eigenvalue weighted by Crippen LogP contribution is -2.45. The van der Waals surface area contributed by atoms with Crippen molar-refractivity contribution in [3.8, 4) is 11.5 Å². The van der Waals surface area contributed by atoms with Gasteiger partial charge in [-0.05, 0) is 49.0 Å². The van der Waals surface area contributed by atoms with E-state index in [-0.39, 0.29) is 5.91 Å². The minimum Gasteiger partial charge on any atom is -0.497 e. The second-order valence-electron chi connectivity index (χ2n) is 6.14. The molecule has 1 aliphatic rings. The maximum absolute atomic E-state index is 13.2. The van der Waals surface area contributed by atoms with Gasteiger partial charge in [0.2, 0.25) is 0 Å². The number of halogens is 1. The van der Waals surface area contributed by atoms with Crippen molar-refractivity contribution in [3.05, 3.63) is 64.3 Å². The van der Waals surface area contributed by atoms with Crippen LogP contribution in [0.25, 0.3) is 0 Å². The third-order valence-electron chi connectivity index (χ3n) is 4.37. The van der Waals surface area contributed by atoms with Gasteiger partial charge in [-0.15, -0.1) is 0 Å².